The zero-order chi connectivity index (χ0) is 18.7. The summed E-state index contributed by atoms with van der Waals surface area (Å²) in [7, 11) is 0. The fourth-order valence-electron chi connectivity index (χ4n) is 3.11. The van der Waals surface area contributed by atoms with Crippen molar-refractivity contribution in [1.29, 1.82) is 0 Å². The number of carbonyl (C=O) groups excluding carboxylic acids is 2. The van der Waals surface area contributed by atoms with Crippen molar-refractivity contribution >= 4 is 17.5 Å². The van der Waals surface area contributed by atoms with E-state index in [0.29, 0.717) is 25.7 Å². The summed E-state index contributed by atoms with van der Waals surface area (Å²) in [6.07, 6.45) is 11.8. The number of rotatable bonds is 12. The first-order valence-corrected chi connectivity index (χ1v) is 9.24. The van der Waals surface area contributed by atoms with Crippen molar-refractivity contribution in [1.82, 2.24) is 0 Å². The first-order valence-electron chi connectivity index (χ1n) is 9.24. The monoisotopic (exact) mass is 350 g/mol. The van der Waals surface area contributed by atoms with Crippen molar-refractivity contribution in [3.8, 4) is 0 Å². The maximum Gasteiger partial charge on any atom is 0.303 e. The zero-order valence-corrected chi connectivity index (χ0v) is 15.0. The minimum atomic E-state index is -0.809. The molecular weight excluding hydrogens is 320 g/mol. The molecular formula is C20H30O5. The number of carboxylic acids is 1. The normalized spacial score (nSPS) is 23.8. The van der Waals surface area contributed by atoms with E-state index < -0.39 is 12.1 Å². The van der Waals surface area contributed by atoms with Gasteiger partial charge in [-0.1, -0.05) is 38.0 Å². The maximum absolute atomic E-state index is 12.1. The second kappa shape index (κ2) is 11.7. The molecule has 0 bridgehead atoms. The summed E-state index contributed by atoms with van der Waals surface area (Å²) in [5.74, 6) is -1.35. The number of carbonyl (C=O) groups is 3. The Morgan fingerprint density at radius 3 is 2.60 bits per heavy atom. The van der Waals surface area contributed by atoms with Gasteiger partial charge in [0.15, 0.2) is 5.78 Å². The lowest BCUT2D eigenvalue weighted by Gasteiger charge is -2.15. The Morgan fingerprint density at radius 1 is 1.16 bits per heavy atom. The summed E-state index contributed by atoms with van der Waals surface area (Å²) < 4.78 is 0. The minimum Gasteiger partial charge on any atom is -0.481 e. The van der Waals surface area contributed by atoms with Crippen molar-refractivity contribution in [3.63, 3.8) is 0 Å². The Kier molecular flexibility index (Phi) is 10.0. The molecule has 0 aromatic rings. The number of aliphatic carboxylic acids is 1. The largest absolute Gasteiger partial charge is 0.481 e. The molecule has 0 amide bonds. The Hall–Kier alpha value is -1.75. The van der Waals surface area contributed by atoms with E-state index in [-0.39, 0.29) is 36.2 Å². The van der Waals surface area contributed by atoms with Gasteiger partial charge in [-0.2, -0.15) is 0 Å². The van der Waals surface area contributed by atoms with E-state index in [1.807, 2.05) is 12.2 Å². The fourth-order valence-corrected chi connectivity index (χ4v) is 3.11. The molecule has 1 aliphatic rings. The van der Waals surface area contributed by atoms with Crippen LogP contribution in [0, 0.1) is 11.8 Å². The predicted octanol–water partition coefficient (Wildman–Crippen LogP) is 3.46. The van der Waals surface area contributed by atoms with Crippen LogP contribution >= 0.6 is 0 Å². The number of hydrogen-bond acceptors (Lipinski definition) is 4. The lowest BCUT2D eigenvalue weighted by atomic mass is 9.90. The number of allylic oxidation sites excluding steroid dienone is 3. The maximum atomic E-state index is 12.1. The van der Waals surface area contributed by atoms with Crippen LogP contribution in [0.2, 0.25) is 0 Å². The summed E-state index contributed by atoms with van der Waals surface area (Å²) in [5.41, 5.74) is 0. The number of carboxylic acid groups (broad SMARTS) is 1. The molecule has 5 nitrogen and oxygen atoms in total. The van der Waals surface area contributed by atoms with Crippen molar-refractivity contribution in [2.75, 3.05) is 0 Å². The number of Topliss-reactive ketones (excluding diaryl/α,β-unsaturated/α-hetero) is 1. The van der Waals surface area contributed by atoms with E-state index in [1.54, 1.807) is 6.08 Å². The summed E-state index contributed by atoms with van der Waals surface area (Å²) in [4.78, 5) is 34.4. The lowest BCUT2D eigenvalue weighted by molar-refractivity contribution is -0.137. The number of aliphatic hydroxyl groups is 1. The van der Waals surface area contributed by atoms with Gasteiger partial charge in [-0.3, -0.25) is 14.4 Å². The first-order chi connectivity index (χ1) is 12.0. The highest BCUT2D eigenvalue weighted by molar-refractivity contribution is 5.90. The fraction of sp³-hybridized carbons (Fsp3) is 0.650. The molecule has 1 rings (SSSR count). The second-order valence-electron chi connectivity index (χ2n) is 6.70. The zero-order valence-electron chi connectivity index (χ0n) is 15.0. The van der Waals surface area contributed by atoms with Crippen molar-refractivity contribution in [2.24, 2.45) is 11.8 Å². The average molecular weight is 350 g/mol. The molecule has 0 aliphatic heterocycles. The molecule has 3 atom stereocenters. The van der Waals surface area contributed by atoms with Crippen LogP contribution in [0.5, 0.6) is 0 Å². The molecule has 140 valence electrons. The van der Waals surface area contributed by atoms with Gasteiger partial charge >= 0.3 is 5.97 Å². The highest BCUT2D eigenvalue weighted by Crippen LogP contribution is 2.33. The van der Waals surface area contributed by atoms with Crippen molar-refractivity contribution in [3.05, 3.63) is 24.3 Å². The Balaban J connectivity index is 2.49. The van der Waals surface area contributed by atoms with Crippen molar-refractivity contribution in [2.45, 2.75) is 70.8 Å². The molecule has 2 unspecified atom stereocenters. The molecule has 0 spiro atoms. The molecule has 1 aliphatic carbocycles. The first kappa shape index (κ1) is 21.3. The molecule has 1 saturated carbocycles. The summed E-state index contributed by atoms with van der Waals surface area (Å²) in [5, 5.41) is 18.7. The van der Waals surface area contributed by atoms with Crippen LogP contribution in [-0.4, -0.2) is 33.9 Å². The molecule has 0 radical (unpaired) electrons. The number of hydrogen-bond donors (Lipinski definition) is 2. The Labute approximate surface area is 149 Å². The van der Waals surface area contributed by atoms with Crippen LogP contribution < -0.4 is 0 Å². The summed E-state index contributed by atoms with van der Waals surface area (Å²) in [6, 6.07) is 0. The third-order valence-electron chi connectivity index (χ3n) is 4.58. The van der Waals surface area contributed by atoms with E-state index in [1.165, 1.54) is 6.08 Å². The summed E-state index contributed by atoms with van der Waals surface area (Å²) >= 11 is 0. The van der Waals surface area contributed by atoms with Crippen LogP contribution in [0.15, 0.2) is 24.3 Å². The molecule has 0 aromatic carbocycles. The van der Waals surface area contributed by atoms with E-state index in [4.69, 9.17) is 5.11 Å². The molecule has 1 fully saturated rings. The third kappa shape index (κ3) is 8.25. The molecule has 0 aromatic heterocycles. The van der Waals surface area contributed by atoms with E-state index in [0.717, 1.165) is 19.3 Å². The minimum absolute atomic E-state index is 0.0239. The van der Waals surface area contributed by atoms with E-state index in [2.05, 4.69) is 6.92 Å². The molecule has 0 saturated heterocycles. The number of unbranched alkanes of at least 4 members (excludes halogenated alkanes) is 3. The van der Waals surface area contributed by atoms with Gasteiger partial charge < -0.3 is 10.2 Å². The quantitative estimate of drug-likeness (QED) is 0.319. The topological polar surface area (TPSA) is 91.7 Å². The highest BCUT2D eigenvalue weighted by atomic mass is 16.4. The van der Waals surface area contributed by atoms with Gasteiger partial charge in [0, 0.05) is 31.1 Å². The SMILES string of the molecule is CCCCCC(=O)/C=C/[C@H]1C(O)CC(=O)C1C/C=C\CCCC(=O)O. The van der Waals surface area contributed by atoms with Crippen LogP contribution in [0.1, 0.15) is 64.7 Å². The second-order valence-corrected chi connectivity index (χ2v) is 6.70. The van der Waals surface area contributed by atoms with Gasteiger partial charge in [0.2, 0.25) is 0 Å². The molecule has 25 heavy (non-hydrogen) atoms. The van der Waals surface area contributed by atoms with Gasteiger partial charge in [-0.25, -0.2) is 0 Å². The molecule has 5 heteroatoms. The van der Waals surface area contributed by atoms with Gasteiger partial charge in [-0.15, -0.1) is 0 Å². The smallest absolute Gasteiger partial charge is 0.303 e. The number of aliphatic hydroxyl groups excluding tert-OH is 1. The van der Waals surface area contributed by atoms with Crippen LogP contribution in [0.4, 0.5) is 0 Å². The van der Waals surface area contributed by atoms with Crippen LogP contribution in [-0.2, 0) is 14.4 Å². The van der Waals surface area contributed by atoms with Gasteiger partial charge in [0.25, 0.3) is 0 Å². The van der Waals surface area contributed by atoms with Crippen LogP contribution in [0.25, 0.3) is 0 Å². The van der Waals surface area contributed by atoms with Gasteiger partial charge in [0.1, 0.15) is 5.78 Å². The standard InChI is InChI=1S/C20H30O5/c1-2-3-6-9-15(21)12-13-17-16(18(22)14-19(17)23)10-7-4-5-8-11-20(24)25/h4,7,12-13,16-17,19,23H,2-3,5-6,8-11,14H2,1H3,(H,24,25)/b7-4-,13-12+/t16?,17-,19?/m1/s1. The van der Waals surface area contributed by atoms with Gasteiger partial charge in [-0.05, 0) is 31.8 Å². The number of ketones is 2. The molecule has 2 N–H and O–H groups in total. The highest BCUT2D eigenvalue weighted by Gasteiger charge is 2.39. The van der Waals surface area contributed by atoms with Crippen molar-refractivity contribution < 1.29 is 24.6 Å². The predicted molar refractivity (Wildman–Crippen MR) is 96.1 cm³/mol. The Morgan fingerprint density at radius 2 is 1.92 bits per heavy atom. The van der Waals surface area contributed by atoms with Crippen LogP contribution in [0.3, 0.4) is 0 Å². The average Bonchev–Trinajstić information content (AvgIpc) is 2.82. The summed E-state index contributed by atoms with van der Waals surface area (Å²) in [6.45, 7) is 2.08. The molecule has 0 heterocycles. The lowest BCUT2D eigenvalue weighted by Crippen LogP contribution is -2.18. The Bertz CT molecular complexity index is 506. The third-order valence-corrected chi connectivity index (χ3v) is 4.58. The van der Waals surface area contributed by atoms with E-state index in [9.17, 15) is 19.5 Å². The van der Waals surface area contributed by atoms with E-state index >= 15 is 0 Å². The van der Waals surface area contributed by atoms with Gasteiger partial charge in [0.05, 0.1) is 6.10 Å².